The van der Waals surface area contributed by atoms with E-state index in [0.717, 1.165) is 17.6 Å². The second-order valence-electron chi connectivity index (χ2n) is 5.77. The molecule has 10 heteroatoms. The number of nitro groups is 1. The number of aryl methyl sites for hydroxylation is 3. The van der Waals surface area contributed by atoms with Crippen LogP contribution < -0.4 is 22.0 Å². The molecule has 0 saturated carbocycles. The molecule has 0 saturated heterocycles. The van der Waals surface area contributed by atoms with Crippen LogP contribution in [-0.2, 0) is 0 Å². The number of aromatic amines is 3. The van der Waals surface area contributed by atoms with Crippen molar-refractivity contribution in [3.05, 3.63) is 101 Å². The smallest absolute Gasteiger partial charge is 0.332 e. The molecule has 0 aliphatic carbocycles. The first-order valence-electron chi connectivity index (χ1n) is 8.04. The fourth-order valence-corrected chi connectivity index (χ4v) is 1.85. The summed E-state index contributed by atoms with van der Waals surface area (Å²) >= 11 is 0. The molecule has 0 bridgehead atoms. The molecule has 3 rings (SSSR count). The van der Waals surface area contributed by atoms with E-state index in [4.69, 9.17) is 5.73 Å². The van der Waals surface area contributed by atoms with E-state index in [-0.39, 0.29) is 16.5 Å². The highest BCUT2D eigenvalue weighted by Gasteiger charge is 2.09. The minimum absolute atomic E-state index is 0.0567. The lowest BCUT2D eigenvalue weighted by Gasteiger charge is -1.91. The van der Waals surface area contributed by atoms with E-state index in [1.54, 1.807) is 26.1 Å². The van der Waals surface area contributed by atoms with Gasteiger partial charge in [-0.2, -0.15) is 0 Å². The van der Waals surface area contributed by atoms with Crippen LogP contribution in [0.5, 0.6) is 0 Å². The molecule has 3 heterocycles. The van der Waals surface area contributed by atoms with Gasteiger partial charge in [-0.15, -0.1) is 0 Å². The van der Waals surface area contributed by atoms with Crippen LogP contribution >= 0.6 is 0 Å². The number of hydrogen-bond donors (Lipinski definition) is 4. The molecular weight excluding hydrogens is 366 g/mol. The van der Waals surface area contributed by atoms with Gasteiger partial charge in [0.1, 0.15) is 0 Å². The number of nitrogens with one attached hydrogen (secondary N) is 3. The molecule has 0 aliphatic heterocycles. The number of H-pyrrole nitrogens is 3. The summed E-state index contributed by atoms with van der Waals surface area (Å²) in [6.07, 6.45) is 4.23. The van der Waals surface area contributed by atoms with E-state index in [9.17, 15) is 24.5 Å². The number of hydrogen-bond acceptors (Lipinski definition) is 6. The third-order valence-electron chi connectivity index (χ3n) is 3.24. The summed E-state index contributed by atoms with van der Waals surface area (Å²) in [6.45, 7) is 5.31. The Hall–Kier alpha value is -3.95. The van der Waals surface area contributed by atoms with E-state index in [2.05, 4.69) is 15.0 Å². The van der Waals surface area contributed by atoms with Gasteiger partial charge in [-0.3, -0.25) is 24.5 Å². The van der Waals surface area contributed by atoms with Crippen molar-refractivity contribution in [1.82, 2.24) is 15.0 Å². The molecule has 3 aromatic rings. The molecule has 0 radical (unpaired) electrons. The van der Waals surface area contributed by atoms with E-state index < -0.39 is 16.0 Å². The van der Waals surface area contributed by atoms with Gasteiger partial charge in [-0.25, -0.2) is 0 Å². The topological polar surface area (TPSA) is 168 Å². The molecule has 148 valence electrons. The van der Waals surface area contributed by atoms with Crippen molar-refractivity contribution in [2.24, 2.45) is 0 Å². The number of nitrogens with two attached hydrogens (primary N) is 1. The molecule has 0 atom stereocenters. The fraction of sp³-hybridized carbons (Fsp3) is 0.167. The van der Waals surface area contributed by atoms with Gasteiger partial charge in [-0.1, -0.05) is 0 Å². The molecular formula is C18H21N5O5. The maximum atomic E-state index is 10.8. The standard InChI is InChI=1S/C6H6N2O3.C6H8N2O.C6H7NO/c1-4-2-6(9)5(3-7-4)8(10)11;1-4-2-6(9)5(7)3-8-4;1-5-4-6(8)2-3-7-5/h2-3H,1H3,(H,7,9);2-3H,7H2,1H3,(H,8,9);2-4H,1H3,(H,7,8). The lowest BCUT2D eigenvalue weighted by atomic mass is 10.3. The Labute approximate surface area is 159 Å². The van der Waals surface area contributed by atoms with Crippen molar-refractivity contribution in [2.45, 2.75) is 20.8 Å². The van der Waals surface area contributed by atoms with E-state index in [1.807, 2.05) is 6.92 Å². The van der Waals surface area contributed by atoms with E-state index in [1.165, 1.54) is 24.4 Å². The predicted octanol–water partition coefficient (Wildman–Crippen LogP) is 1.54. The number of aromatic nitrogens is 3. The summed E-state index contributed by atoms with van der Waals surface area (Å²) in [5, 5.41) is 10.1. The monoisotopic (exact) mass is 387 g/mol. The van der Waals surface area contributed by atoms with Crippen molar-refractivity contribution in [1.29, 1.82) is 0 Å². The molecule has 0 unspecified atom stereocenters. The van der Waals surface area contributed by atoms with Crippen LogP contribution in [0.25, 0.3) is 0 Å². The third kappa shape index (κ3) is 7.52. The molecule has 0 aliphatic rings. The SMILES string of the molecule is Cc1cc(=O)c(N)c[nH]1.Cc1cc(=O)c([N+](=O)[O-])c[nH]1.Cc1cc(=O)cc[nH]1. The van der Waals surface area contributed by atoms with Crippen LogP contribution in [0, 0.1) is 30.9 Å². The van der Waals surface area contributed by atoms with Gasteiger partial charge in [0.15, 0.2) is 5.43 Å². The average molecular weight is 387 g/mol. The molecule has 0 aromatic carbocycles. The number of anilines is 1. The highest BCUT2D eigenvalue weighted by atomic mass is 16.6. The Morgan fingerprint density at radius 2 is 1.39 bits per heavy atom. The normalized spacial score (nSPS) is 9.39. The largest absolute Gasteiger partial charge is 0.394 e. The van der Waals surface area contributed by atoms with Gasteiger partial charge in [0.2, 0.25) is 5.43 Å². The van der Waals surface area contributed by atoms with Gasteiger partial charge >= 0.3 is 5.69 Å². The van der Waals surface area contributed by atoms with Gasteiger partial charge in [0.25, 0.3) is 5.43 Å². The molecule has 0 amide bonds. The first-order chi connectivity index (χ1) is 13.1. The molecule has 5 N–H and O–H groups in total. The maximum Gasteiger partial charge on any atom is 0.332 e. The van der Waals surface area contributed by atoms with Gasteiger partial charge in [-0.05, 0) is 20.8 Å². The summed E-state index contributed by atoms with van der Waals surface area (Å²) in [5.74, 6) is 0. The van der Waals surface area contributed by atoms with Crippen molar-refractivity contribution in [3.8, 4) is 0 Å². The molecule has 28 heavy (non-hydrogen) atoms. The zero-order valence-electron chi connectivity index (χ0n) is 15.6. The van der Waals surface area contributed by atoms with Gasteiger partial charge < -0.3 is 20.7 Å². The third-order valence-corrected chi connectivity index (χ3v) is 3.24. The number of rotatable bonds is 1. The second kappa shape index (κ2) is 10.3. The van der Waals surface area contributed by atoms with Gasteiger partial charge in [0.05, 0.1) is 16.8 Å². The quantitative estimate of drug-likeness (QED) is 0.365. The highest BCUT2D eigenvalue weighted by molar-refractivity contribution is 5.34. The van der Waals surface area contributed by atoms with Crippen LogP contribution in [0.4, 0.5) is 11.4 Å². The van der Waals surface area contributed by atoms with Crippen LogP contribution in [0.15, 0.2) is 57.2 Å². The molecule has 3 aromatic heterocycles. The summed E-state index contributed by atoms with van der Waals surface area (Å²) < 4.78 is 0. The lowest BCUT2D eigenvalue weighted by Crippen LogP contribution is -2.07. The number of nitrogens with zero attached hydrogens (tertiary/aromatic N) is 1. The van der Waals surface area contributed by atoms with Crippen LogP contribution in [-0.4, -0.2) is 19.9 Å². The number of pyridine rings is 3. The average Bonchev–Trinajstić information content (AvgIpc) is 2.59. The molecule has 10 nitrogen and oxygen atoms in total. The predicted molar refractivity (Wildman–Crippen MR) is 106 cm³/mol. The lowest BCUT2D eigenvalue weighted by molar-refractivity contribution is -0.386. The van der Waals surface area contributed by atoms with Crippen molar-refractivity contribution < 1.29 is 4.92 Å². The summed E-state index contributed by atoms with van der Waals surface area (Å²) in [5.41, 5.74) is 6.80. The first kappa shape index (κ1) is 22.1. The zero-order chi connectivity index (χ0) is 21.3. The summed E-state index contributed by atoms with van der Waals surface area (Å²) in [6, 6.07) is 5.71. The Kier molecular flexibility index (Phi) is 8.09. The van der Waals surface area contributed by atoms with E-state index in [0.29, 0.717) is 5.69 Å². The zero-order valence-corrected chi connectivity index (χ0v) is 15.6. The Balaban J connectivity index is 0.000000213. The minimum atomic E-state index is -0.710. The molecule has 0 fully saturated rings. The summed E-state index contributed by atoms with van der Waals surface area (Å²) in [4.78, 5) is 49.7. The number of nitrogen functional groups attached to an aromatic ring is 1. The highest BCUT2D eigenvalue weighted by Crippen LogP contribution is 2.00. The fourth-order valence-electron chi connectivity index (χ4n) is 1.85. The Bertz CT molecular complexity index is 1110. The minimum Gasteiger partial charge on any atom is -0.394 e. The molecule has 0 spiro atoms. The Morgan fingerprint density at radius 3 is 1.79 bits per heavy atom. The second-order valence-corrected chi connectivity index (χ2v) is 5.77. The van der Waals surface area contributed by atoms with Crippen LogP contribution in [0.2, 0.25) is 0 Å². The van der Waals surface area contributed by atoms with Crippen molar-refractivity contribution >= 4 is 11.4 Å². The summed E-state index contributed by atoms with van der Waals surface area (Å²) in [7, 11) is 0. The van der Waals surface area contributed by atoms with Gasteiger partial charge in [0, 0.05) is 53.7 Å². The maximum absolute atomic E-state index is 10.8. The van der Waals surface area contributed by atoms with E-state index >= 15 is 0 Å². The Morgan fingerprint density at radius 1 is 0.857 bits per heavy atom. The van der Waals surface area contributed by atoms with Crippen LogP contribution in [0.3, 0.4) is 0 Å². The first-order valence-corrected chi connectivity index (χ1v) is 8.04. The van der Waals surface area contributed by atoms with Crippen LogP contribution in [0.1, 0.15) is 17.1 Å². The van der Waals surface area contributed by atoms with Crippen molar-refractivity contribution in [3.63, 3.8) is 0 Å². The van der Waals surface area contributed by atoms with Crippen molar-refractivity contribution in [2.75, 3.05) is 5.73 Å².